The number of alkyl halides is 3. The summed E-state index contributed by atoms with van der Waals surface area (Å²) in [5.74, 6) is -0.425. The van der Waals surface area contributed by atoms with Crippen molar-refractivity contribution < 1.29 is 22.5 Å². The molecular weight excluding hydrogens is 495 g/mol. The molecule has 0 aliphatic heterocycles. The van der Waals surface area contributed by atoms with Crippen LogP contribution in [0, 0.1) is 0 Å². The molecule has 0 N–H and O–H groups in total. The van der Waals surface area contributed by atoms with E-state index in [-0.39, 0.29) is 22.9 Å². The fourth-order valence-electron chi connectivity index (χ4n) is 3.63. The molecule has 0 spiro atoms. The highest BCUT2D eigenvalue weighted by atomic mass is 32.1. The first-order chi connectivity index (χ1) is 17.2. The van der Waals surface area contributed by atoms with Crippen molar-refractivity contribution in [2.75, 3.05) is 4.90 Å². The summed E-state index contributed by atoms with van der Waals surface area (Å²) in [7, 11) is 0. The number of fused-ring (bicyclic) bond motifs is 1. The maximum absolute atomic E-state index is 13.0. The average molecular weight is 511 g/mol. The Balaban J connectivity index is 1.42. The van der Waals surface area contributed by atoms with Crippen LogP contribution in [0.2, 0.25) is 0 Å². The molecule has 0 saturated heterocycles. The van der Waals surface area contributed by atoms with Crippen LogP contribution in [-0.2, 0) is 17.5 Å². The second-order valence-corrected chi connectivity index (χ2v) is 8.61. The zero-order chi connectivity index (χ0) is 25.4. The number of hydrogen-bond acceptors (Lipinski definition) is 7. The predicted octanol–water partition coefficient (Wildman–Crippen LogP) is 5.26. The Morgan fingerprint density at radius 2 is 1.83 bits per heavy atom. The van der Waals surface area contributed by atoms with Crippen LogP contribution >= 0.6 is 11.3 Å². The molecule has 8 nitrogen and oxygen atoms in total. The fourth-order valence-corrected chi connectivity index (χ4v) is 4.50. The number of thiazole rings is 1. The minimum Gasteiger partial charge on any atom is -0.348 e. The lowest BCUT2D eigenvalue weighted by atomic mass is 10.1. The lowest BCUT2D eigenvalue weighted by Gasteiger charge is -2.18. The Morgan fingerprint density at radius 1 is 1.11 bits per heavy atom. The van der Waals surface area contributed by atoms with Gasteiger partial charge < -0.3 is 4.52 Å². The van der Waals surface area contributed by atoms with E-state index in [9.17, 15) is 22.8 Å². The third-order valence-electron chi connectivity index (χ3n) is 5.33. The van der Waals surface area contributed by atoms with Gasteiger partial charge in [0.25, 0.3) is 11.1 Å². The molecule has 0 fully saturated rings. The van der Waals surface area contributed by atoms with E-state index in [0.717, 1.165) is 29.0 Å². The summed E-state index contributed by atoms with van der Waals surface area (Å²) in [5, 5.41) is 5.91. The third kappa shape index (κ3) is 4.38. The number of benzene rings is 2. The molecule has 0 saturated carbocycles. The number of aromatic nitrogens is 4. The van der Waals surface area contributed by atoms with Gasteiger partial charge in [-0.2, -0.15) is 13.2 Å². The Labute approximate surface area is 205 Å². The van der Waals surface area contributed by atoms with Crippen molar-refractivity contribution in [1.29, 1.82) is 0 Å². The number of carbonyl (C=O) groups excluding carboxylic acids is 1. The highest BCUT2D eigenvalue weighted by Gasteiger charge is 2.30. The predicted molar refractivity (Wildman–Crippen MR) is 127 cm³/mol. The summed E-state index contributed by atoms with van der Waals surface area (Å²) >= 11 is 1.12. The van der Waals surface area contributed by atoms with E-state index in [2.05, 4.69) is 15.1 Å². The standard InChI is InChI=1S/C24H16F3N5O3S/c1-14(33)32(18-9-7-16(8-10-18)24(25,26)27)23-29-17(12-36-23)11-31-13-28-20-19(15-5-3-2-4-6-15)30-35-21(20)22(31)34/h2-10,12-13H,11H2,1H3. The van der Waals surface area contributed by atoms with E-state index in [4.69, 9.17) is 4.52 Å². The van der Waals surface area contributed by atoms with Crippen molar-refractivity contribution in [2.24, 2.45) is 0 Å². The molecule has 0 atom stereocenters. The summed E-state index contributed by atoms with van der Waals surface area (Å²) in [6.45, 7) is 1.33. The maximum Gasteiger partial charge on any atom is 0.416 e. The first kappa shape index (κ1) is 23.4. The van der Waals surface area contributed by atoms with Gasteiger partial charge in [-0.05, 0) is 24.3 Å². The summed E-state index contributed by atoms with van der Waals surface area (Å²) in [5.41, 5.74) is 0.992. The van der Waals surface area contributed by atoms with Gasteiger partial charge in [-0.25, -0.2) is 9.97 Å². The van der Waals surface area contributed by atoms with Crippen LogP contribution in [0.1, 0.15) is 18.2 Å². The van der Waals surface area contributed by atoms with E-state index in [1.54, 1.807) is 5.38 Å². The van der Waals surface area contributed by atoms with Gasteiger partial charge in [-0.15, -0.1) is 11.3 Å². The van der Waals surface area contributed by atoms with Crippen molar-refractivity contribution in [3.05, 3.63) is 87.9 Å². The molecule has 12 heteroatoms. The second kappa shape index (κ2) is 9.04. The molecule has 3 heterocycles. The smallest absolute Gasteiger partial charge is 0.348 e. The van der Waals surface area contributed by atoms with Crippen LogP contribution in [0.4, 0.5) is 24.0 Å². The number of nitrogens with zero attached hydrogens (tertiary/aromatic N) is 5. The molecule has 5 aromatic rings. The minimum atomic E-state index is -4.48. The summed E-state index contributed by atoms with van der Waals surface area (Å²) in [6.07, 6.45) is -3.12. The van der Waals surface area contributed by atoms with Crippen LogP contribution in [0.3, 0.4) is 0 Å². The van der Waals surface area contributed by atoms with Crippen molar-refractivity contribution in [3.63, 3.8) is 0 Å². The van der Waals surface area contributed by atoms with Gasteiger partial charge >= 0.3 is 6.18 Å². The number of rotatable bonds is 5. The molecule has 0 aliphatic carbocycles. The van der Waals surface area contributed by atoms with Crippen LogP contribution in [0.25, 0.3) is 22.4 Å². The number of halogens is 3. The first-order valence-electron chi connectivity index (χ1n) is 10.5. The molecule has 182 valence electrons. The van der Waals surface area contributed by atoms with Crippen molar-refractivity contribution >= 4 is 39.2 Å². The van der Waals surface area contributed by atoms with Gasteiger partial charge in [0.15, 0.2) is 5.13 Å². The number of hydrogen-bond donors (Lipinski definition) is 0. The van der Waals surface area contributed by atoms with Crippen LogP contribution in [-0.4, -0.2) is 25.6 Å². The van der Waals surface area contributed by atoms with Gasteiger partial charge in [-0.1, -0.05) is 35.5 Å². The topological polar surface area (TPSA) is 94.1 Å². The van der Waals surface area contributed by atoms with Crippen molar-refractivity contribution in [1.82, 2.24) is 19.7 Å². The quantitative estimate of drug-likeness (QED) is 0.320. The molecule has 1 amide bonds. The minimum absolute atomic E-state index is 0.00178. The van der Waals surface area contributed by atoms with Gasteiger partial charge in [-0.3, -0.25) is 19.1 Å². The summed E-state index contributed by atoms with van der Waals surface area (Å²) in [4.78, 5) is 35.2. The number of amides is 1. The Kier molecular flexibility index (Phi) is 5.88. The molecule has 3 aromatic heterocycles. The molecule has 0 radical (unpaired) electrons. The van der Waals surface area contributed by atoms with E-state index < -0.39 is 23.2 Å². The van der Waals surface area contributed by atoms with Crippen molar-refractivity contribution in [3.8, 4) is 11.3 Å². The van der Waals surface area contributed by atoms with Crippen LogP contribution in [0.5, 0.6) is 0 Å². The lowest BCUT2D eigenvalue weighted by molar-refractivity contribution is -0.137. The van der Waals surface area contributed by atoms with Gasteiger partial charge in [0.1, 0.15) is 11.2 Å². The second-order valence-electron chi connectivity index (χ2n) is 7.77. The maximum atomic E-state index is 13.0. The summed E-state index contributed by atoms with van der Waals surface area (Å²) in [6, 6.07) is 13.4. The zero-order valence-corrected chi connectivity index (χ0v) is 19.4. The highest BCUT2D eigenvalue weighted by molar-refractivity contribution is 7.14. The largest absolute Gasteiger partial charge is 0.416 e. The Morgan fingerprint density at radius 3 is 2.50 bits per heavy atom. The van der Waals surface area contributed by atoms with Gasteiger partial charge in [0.2, 0.25) is 5.91 Å². The highest BCUT2D eigenvalue weighted by Crippen LogP contribution is 2.33. The first-order valence-corrected chi connectivity index (χ1v) is 11.4. The normalized spacial score (nSPS) is 11.7. The number of carbonyl (C=O) groups is 1. The Hall–Kier alpha value is -4.32. The molecule has 36 heavy (non-hydrogen) atoms. The van der Waals surface area contributed by atoms with E-state index in [1.165, 1.54) is 34.9 Å². The van der Waals surface area contributed by atoms with Crippen LogP contribution < -0.4 is 10.5 Å². The molecule has 0 bridgehead atoms. The fraction of sp³-hybridized carbons (Fsp3) is 0.125. The average Bonchev–Trinajstić information content (AvgIpc) is 3.49. The molecule has 0 unspecified atom stereocenters. The van der Waals surface area contributed by atoms with Gasteiger partial charge in [0.05, 0.1) is 29.8 Å². The van der Waals surface area contributed by atoms with E-state index in [0.29, 0.717) is 16.9 Å². The number of anilines is 2. The lowest BCUT2D eigenvalue weighted by Crippen LogP contribution is -2.23. The summed E-state index contributed by atoms with van der Waals surface area (Å²) < 4.78 is 45.3. The van der Waals surface area contributed by atoms with Crippen LogP contribution in [0.15, 0.2) is 75.6 Å². The van der Waals surface area contributed by atoms with Crippen molar-refractivity contribution in [2.45, 2.75) is 19.6 Å². The molecule has 2 aromatic carbocycles. The van der Waals surface area contributed by atoms with E-state index in [1.807, 2.05) is 30.3 Å². The Bertz CT molecular complexity index is 1610. The molecule has 0 aliphatic rings. The van der Waals surface area contributed by atoms with Gasteiger partial charge in [0, 0.05) is 17.9 Å². The zero-order valence-electron chi connectivity index (χ0n) is 18.6. The monoisotopic (exact) mass is 511 g/mol. The third-order valence-corrected chi connectivity index (χ3v) is 6.20. The molecule has 5 rings (SSSR count). The SMILES string of the molecule is CC(=O)N(c1ccc(C(F)(F)F)cc1)c1nc(Cn2cnc3c(-c4ccccc4)noc3c2=O)cs1. The van der Waals surface area contributed by atoms with E-state index >= 15 is 0 Å². The molecular formula is C24H16F3N5O3S.